The van der Waals surface area contributed by atoms with E-state index in [1.165, 1.54) is 12.3 Å². The number of rotatable bonds is 3. The van der Waals surface area contributed by atoms with Crippen LogP contribution in [0.5, 0.6) is 0 Å². The molecule has 0 spiro atoms. The first-order chi connectivity index (χ1) is 8.90. The van der Waals surface area contributed by atoms with Crippen molar-refractivity contribution in [3.05, 3.63) is 47.4 Å². The average molecular weight is 302 g/mol. The van der Waals surface area contributed by atoms with Gasteiger partial charge in [0.25, 0.3) is 10.0 Å². The first kappa shape index (κ1) is 13.6. The number of hydrogen-bond donors (Lipinski definition) is 2. The van der Waals surface area contributed by atoms with Crippen molar-refractivity contribution in [2.24, 2.45) is 0 Å². The fourth-order valence-corrected chi connectivity index (χ4v) is 2.78. The van der Waals surface area contributed by atoms with E-state index >= 15 is 0 Å². The van der Waals surface area contributed by atoms with Crippen LogP contribution < -0.4 is 10.5 Å². The Labute approximate surface area is 114 Å². The third kappa shape index (κ3) is 2.94. The smallest absolute Gasteiger partial charge is 0.265 e. The molecule has 0 atom stereocenters. The number of pyridine rings is 1. The van der Waals surface area contributed by atoms with Crippen LogP contribution in [0.4, 0.5) is 15.9 Å². The van der Waals surface area contributed by atoms with Crippen molar-refractivity contribution in [3.63, 3.8) is 0 Å². The van der Waals surface area contributed by atoms with Gasteiger partial charge in [0.05, 0.1) is 10.7 Å². The summed E-state index contributed by atoms with van der Waals surface area (Å²) in [7, 11) is -3.97. The molecule has 0 radical (unpaired) electrons. The fraction of sp³-hybridized carbons (Fsp3) is 0. The molecule has 0 saturated carbocycles. The van der Waals surface area contributed by atoms with Crippen molar-refractivity contribution < 1.29 is 12.8 Å². The molecule has 0 bridgehead atoms. The van der Waals surface area contributed by atoms with Gasteiger partial charge in [0.15, 0.2) is 5.82 Å². The maximum atomic E-state index is 12.9. The minimum absolute atomic E-state index is 0.0205. The fourth-order valence-electron chi connectivity index (χ4n) is 1.41. The summed E-state index contributed by atoms with van der Waals surface area (Å²) in [6.45, 7) is 0. The summed E-state index contributed by atoms with van der Waals surface area (Å²) < 4.78 is 39.2. The lowest BCUT2D eigenvalue weighted by Gasteiger charge is -2.10. The van der Waals surface area contributed by atoms with Crippen LogP contribution in [0.1, 0.15) is 0 Å². The second kappa shape index (κ2) is 5.02. The number of halogens is 2. The zero-order valence-electron chi connectivity index (χ0n) is 9.47. The summed E-state index contributed by atoms with van der Waals surface area (Å²) in [4.78, 5) is 3.56. The molecule has 100 valence electrons. The maximum Gasteiger partial charge on any atom is 0.265 e. The van der Waals surface area contributed by atoms with Crippen LogP contribution in [0.25, 0.3) is 0 Å². The molecule has 1 heterocycles. The van der Waals surface area contributed by atoms with Crippen molar-refractivity contribution in [3.8, 4) is 0 Å². The van der Waals surface area contributed by atoms with Crippen LogP contribution in [0, 0.1) is 5.82 Å². The number of sulfonamides is 1. The number of nitrogen functional groups attached to an aromatic ring is 1. The van der Waals surface area contributed by atoms with E-state index in [2.05, 4.69) is 9.71 Å². The van der Waals surface area contributed by atoms with E-state index in [1.807, 2.05) is 0 Å². The maximum absolute atomic E-state index is 12.9. The Morgan fingerprint density at radius 2 is 2.05 bits per heavy atom. The lowest BCUT2D eigenvalue weighted by Crippen LogP contribution is -2.16. The number of nitrogens with two attached hydrogens (primary N) is 1. The molecule has 8 heteroatoms. The summed E-state index contributed by atoms with van der Waals surface area (Å²) in [5.74, 6) is -0.639. The monoisotopic (exact) mass is 301 g/mol. The second-order valence-corrected chi connectivity index (χ2v) is 5.68. The summed E-state index contributed by atoms with van der Waals surface area (Å²) in [5.41, 5.74) is 5.29. The zero-order chi connectivity index (χ0) is 14.0. The van der Waals surface area contributed by atoms with E-state index < -0.39 is 15.8 Å². The Kier molecular flexibility index (Phi) is 3.59. The summed E-state index contributed by atoms with van der Waals surface area (Å²) in [6, 6.07) is 6.05. The Morgan fingerprint density at radius 3 is 2.68 bits per heavy atom. The number of nitrogens with zero attached hydrogens (tertiary/aromatic N) is 1. The molecule has 0 aliphatic heterocycles. The third-order valence-electron chi connectivity index (χ3n) is 2.25. The van der Waals surface area contributed by atoms with Crippen LogP contribution >= 0.6 is 11.6 Å². The third-order valence-corrected chi connectivity index (χ3v) is 3.97. The second-order valence-electron chi connectivity index (χ2n) is 3.62. The Morgan fingerprint density at radius 1 is 1.32 bits per heavy atom. The van der Waals surface area contributed by atoms with Gasteiger partial charge in [-0.25, -0.2) is 17.8 Å². The van der Waals surface area contributed by atoms with Crippen molar-refractivity contribution in [2.75, 3.05) is 10.5 Å². The molecule has 3 N–H and O–H groups in total. The van der Waals surface area contributed by atoms with Gasteiger partial charge >= 0.3 is 0 Å². The molecule has 0 aliphatic carbocycles. The van der Waals surface area contributed by atoms with Gasteiger partial charge in [0, 0.05) is 6.20 Å². The highest BCUT2D eigenvalue weighted by atomic mass is 35.5. The highest BCUT2D eigenvalue weighted by Crippen LogP contribution is 2.24. The normalized spacial score (nSPS) is 11.3. The number of nitrogens with one attached hydrogen (secondary N) is 1. The Balaban J connectivity index is 2.41. The first-order valence-electron chi connectivity index (χ1n) is 5.08. The van der Waals surface area contributed by atoms with Gasteiger partial charge in [-0.15, -0.1) is 0 Å². The van der Waals surface area contributed by atoms with E-state index in [-0.39, 0.29) is 21.4 Å². The van der Waals surface area contributed by atoms with Gasteiger partial charge in [0.2, 0.25) is 0 Å². The highest BCUT2D eigenvalue weighted by molar-refractivity contribution is 7.92. The predicted molar refractivity (Wildman–Crippen MR) is 70.9 cm³/mol. The molecular formula is C11H9ClFN3O2S. The molecule has 2 aromatic rings. The molecule has 1 aromatic carbocycles. The molecule has 0 saturated heterocycles. The molecule has 0 unspecified atom stereocenters. The van der Waals surface area contributed by atoms with Gasteiger partial charge < -0.3 is 5.73 Å². The Hall–Kier alpha value is -1.86. The van der Waals surface area contributed by atoms with Gasteiger partial charge in [0.1, 0.15) is 10.7 Å². The van der Waals surface area contributed by atoms with Crippen LogP contribution in [0.3, 0.4) is 0 Å². The lowest BCUT2D eigenvalue weighted by molar-refractivity contribution is 0.600. The minimum Gasteiger partial charge on any atom is -0.398 e. The SMILES string of the molecule is Nc1cc(F)ccc1S(=O)(=O)Nc1ncccc1Cl. The average Bonchev–Trinajstić information content (AvgIpc) is 2.31. The standard InChI is InChI=1S/C11H9ClFN3O2S/c12-8-2-1-5-15-11(8)16-19(17,18)10-4-3-7(13)6-9(10)14/h1-6H,14H2,(H,15,16). The predicted octanol–water partition coefficient (Wildman–Crippen LogP) is 2.26. The van der Waals surface area contributed by atoms with Crippen molar-refractivity contribution >= 4 is 33.1 Å². The summed E-state index contributed by atoms with van der Waals surface area (Å²) >= 11 is 5.80. The number of hydrogen-bond acceptors (Lipinski definition) is 4. The van der Waals surface area contributed by atoms with Gasteiger partial charge in [-0.3, -0.25) is 4.72 Å². The number of benzene rings is 1. The molecule has 2 rings (SSSR count). The lowest BCUT2D eigenvalue weighted by atomic mass is 10.3. The largest absolute Gasteiger partial charge is 0.398 e. The van der Waals surface area contributed by atoms with Crippen LogP contribution in [-0.4, -0.2) is 13.4 Å². The van der Waals surface area contributed by atoms with E-state index in [9.17, 15) is 12.8 Å². The minimum atomic E-state index is -3.97. The highest BCUT2D eigenvalue weighted by Gasteiger charge is 2.19. The quantitative estimate of drug-likeness (QED) is 0.852. The van der Waals surface area contributed by atoms with E-state index in [0.29, 0.717) is 0 Å². The van der Waals surface area contributed by atoms with Crippen LogP contribution in [0.15, 0.2) is 41.4 Å². The number of aromatic nitrogens is 1. The Bertz CT molecular complexity index is 722. The molecule has 0 amide bonds. The van der Waals surface area contributed by atoms with Crippen LogP contribution in [-0.2, 0) is 10.0 Å². The number of anilines is 2. The molecule has 0 fully saturated rings. The molecular weight excluding hydrogens is 293 g/mol. The van der Waals surface area contributed by atoms with E-state index in [0.717, 1.165) is 18.2 Å². The van der Waals surface area contributed by atoms with Gasteiger partial charge in [-0.05, 0) is 30.3 Å². The summed E-state index contributed by atoms with van der Waals surface area (Å²) in [6.07, 6.45) is 1.39. The van der Waals surface area contributed by atoms with Gasteiger partial charge in [-0.2, -0.15) is 0 Å². The molecule has 19 heavy (non-hydrogen) atoms. The first-order valence-corrected chi connectivity index (χ1v) is 6.94. The van der Waals surface area contributed by atoms with Crippen molar-refractivity contribution in [1.29, 1.82) is 0 Å². The molecule has 1 aromatic heterocycles. The zero-order valence-corrected chi connectivity index (χ0v) is 11.0. The van der Waals surface area contributed by atoms with E-state index in [4.69, 9.17) is 17.3 Å². The molecule has 0 aliphatic rings. The van der Waals surface area contributed by atoms with Crippen molar-refractivity contribution in [2.45, 2.75) is 4.90 Å². The van der Waals surface area contributed by atoms with Crippen molar-refractivity contribution in [1.82, 2.24) is 4.98 Å². The summed E-state index contributed by atoms with van der Waals surface area (Å²) in [5, 5.41) is 0.145. The topological polar surface area (TPSA) is 85.1 Å². The molecule has 5 nitrogen and oxygen atoms in total. The van der Waals surface area contributed by atoms with E-state index in [1.54, 1.807) is 6.07 Å². The van der Waals surface area contributed by atoms with Crippen LogP contribution in [0.2, 0.25) is 5.02 Å². The van der Waals surface area contributed by atoms with Gasteiger partial charge in [-0.1, -0.05) is 11.6 Å².